The van der Waals surface area contributed by atoms with Crippen LogP contribution in [0.2, 0.25) is 0 Å². The molecule has 0 spiro atoms. The zero-order chi connectivity index (χ0) is 29.5. The molecule has 0 bridgehead atoms. The van der Waals surface area contributed by atoms with Gasteiger partial charge in [-0.15, -0.1) is 0 Å². The lowest BCUT2D eigenvalue weighted by Gasteiger charge is -2.20. The number of rotatable bonds is 12. The molecule has 2 atom stereocenters. The quantitative estimate of drug-likeness (QED) is 0.167. The van der Waals surface area contributed by atoms with E-state index in [1.54, 1.807) is 12.1 Å². The maximum absolute atomic E-state index is 14.0. The molecule has 1 aromatic heterocycles. The molecule has 1 heterocycles. The number of nitrogens with zero attached hydrogens (tertiary/aromatic N) is 1. The molecule has 0 aliphatic carbocycles. The first-order chi connectivity index (χ1) is 19.7. The Balaban J connectivity index is 0.00000484. The molecule has 0 fully saturated rings. The highest BCUT2D eigenvalue weighted by atomic mass is 24.3. The predicted molar refractivity (Wildman–Crippen MR) is 166 cm³/mol. The van der Waals surface area contributed by atoms with Crippen molar-refractivity contribution >= 4 is 40.6 Å². The SMILES string of the molecule is CC(C)c1c(C(=O)Nc2ccccc2)c(-c2ccccc2)c(-c2ccc(F)cc2)n1CC[C@@H](O)C[C@@H](O)CC(=O)O.[MgH2]. The van der Waals surface area contributed by atoms with Crippen LogP contribution in [-0.2, 0) is 11.3 Å². The summed E-state index contributed by atoms with van der Waals surface area (Å²) in [5, 5.41) is 32.8. The molecular weight excluding hydrogens is 548 g/mol. The molecule has 7 nitrogen and oxygen atoms in total. The van der Waals surface area contributed by atoms with Crippen molar-refractivity contribution in [1.82, 2.24) is 4.57 Å². The number of aliphatic hydroxyl groups excluding tert-OH is 2. The summed E-state index contributed by atoms with van der Waals surface area (Å²) in [6.45, 7) is 4.25. The van der Waals surface area contributed by atoms with Crippen LogP contribution in [0.3, 0.4) is 0 Å². The van der Waals surface area contributed by atoms with Gasteiger partial charge < -0.3 is 25.2 Å². The van der Waals surface area contributed by atoms with Crippen LogP contribution in [0.15, 0.2) is 84.9 Å². The van der Waals surface area contributed by atoms with Gasteiger partial charge >= 0.3 is 29.0 Å². The number of aromatic nitrogens is 1. The van der Waals surface area contributed by atoms with Crippen molar-refractivity contribution in [2.24, 2.45) is 0 Å². The van der Waals surface area contributed by atoms with Crippen molar-refractivity contribution in [3.63, 3.8) is 0 Å². The molecule has 4 rings (SSSR count). The largest absolute Gasteiger partial charge is 0.481 e. The number of nitrogens with one attached hydrogen (secondary N) is 1. The van der Waals surface area contributed by atoms with Gasteiger partial charge in [0.15, 0.2) is 0 Å². The highest BCUT2D eigenvalue weighted by Crippen LogP contribution is 2.42. The molecular formula is C33H37FMgN2O5. The van der Waals surface area contributed by atoms with Crippen LogP contribution in [0, 0.1) is 5.82 Å². The van der Waals surface area contributed by atoms with Crippen molar-refractivity contribution in [3.05, 3.63) is 102 Å². The zero-order valence-corrected chi connectivity index (χ0v) is 23.1. The number of amides is 1. The third-order valence-corrected chi connectivity index (χ3v) is 6.93. The minimum atomic E-state index is -1.18. The molecule has 42 heavy (non-hydrogen) atoms. The van der Waals surface area contributed by atoms with Gasteiger partial charge in [-0.25, -0.2) is 4.39 Å². The minimum Gasteiger partial charge on any atom is -0.481 e. The third-order valence-electron chi connectivity index (χ3n) is 6.93. The van der Waals surface area contributed by atoms with Gasteiger partial charge in [0.05, 0.1) is 29.9 Å². The summed E-state index contributed by atoms with van der Waals surface area (Å²) in [5.74, 6) is -1.93. The Morgan fingerprint density at radius 3 is 2.02 bits per heavy atom. The van der Waals surface area contributed by atoms with E-state index in [0.29, 0.717) is 28.1 Å². The number of aliphatic carboxylic acids is 1. The second kappa shape index (κ2) is 15.1. The average Bonchev–Trinajstić information content (AvgIpc) is 3.28. The van der Waals surface area contributed by atoms with Crippen LogP contribution >= 0.6 is 0 Å². The second-order valence-corrected chi connectivity index (χ2v) is 10.4. The van der Waals surface area contributed by atoms with Gasteiger partial charge in [0.2, 0.25) is 0 Å². The van der Waals surface area contributed by atoms with Crippen molar-refractivity contribution in [1.29, 1.82) is 0 Å². The third kappa shape index (κ3) is 8.07. The molecule has 3 aromatic carbocycles. The van der Waals surface area contributed by atoms with Crippen LogP contribution in [0.25, 0.3) is 22.4 Å². The normalized spacial score (nSPS) is 12.4. The number of aliphatic hydroxyl groups is 2. The fourth-order valence-electron chi connectivity index (χ4n) is 5.20. The van der Waals surface area contributed by atoms with E-state index in [0.717, 1.165) is 11.3 Å². The lowest BCUT2D eigenvalue weighted by molar-refractivity contribution is -0.139. The zero-order valence-electron chi connectivity index (χ0n) is 23.1. The van der Waals surface area contributed by atoms with Crippen molar-refractivity contribution in [3.8, 4) is 22.4 Å². The number of hydrogen-bond donors (Lipinski definition) is 4. The predicted octanol–water partition coefficient (Wildman–Crippen LogP) is 5.40. The molecule has 1 amide bonds. The molecule has 0 saturated carbocycles. The van der Waals surface area contributed by atoms with E-state index >= 15 is 0 Å². The Labute approximate surface area is 261 Å². The van der Waals surface area contributed by atoms with E-state index in [4.69, 9.17) is 5.11 Å². The van der Waals surface area contributed by atoms with Gasteiger partial charge in [-0.05, 0) is 66.3 Å². The number of anilines is 1. The summed E-state index contributed by atoms with van der Waals surface area (Å²) in [4.78, 5) is 25.0. The first kappa shape index (κ1) is 33.0. The highest BCUT2D eigenvalue weighted by molar-refractivity contribution is 6.12. The van der Waals surface area contributed by atoms with Gasteiger partial charge in [-0.2, -0.15) is 0 Å². The Morgan fingerprint density at radius 2 is 1.45 bits per heavy atom. The van der Waals surface area contributed by atoms with E-state index in [-0.39, 0.29) is 60.1 Å². The number of benzene rings is 3. The lowest BCUT2D eigenvalue weighted by atomic mass is 9.94. The van der Waals surface area contributed by atoms with Crippen LogP contribution in [0.4, 0.5) is 10.1 Å². The van der Waals surface area contributed by atoms with Gasteiger partial charge in [0.1, 0.15) is 5.82 Å². The molecule has 4 N–H and O–H groups in total. The maximum Gasteiger partial charge on any atom is 0.316 e. The Kier molecular flexibility index (Phi) is 11.9. The molecule has 0 radical (unpaired) electrons. The molecule has 0 saturated heterocycles. The number of halogens is 1. The first-order valence-corrected chi connectivity index (χ1v) is 13.7. The molecule has 218 valence electrons. The molecule has 4 aromatic rings. The molecule has 0 unspecified atom stereocenters. The van der Waals surface area contributed by atoms with E-state index in [1.165, 1.54) is 12.1 Å². The van der Waals surface area contributed by atoms with Crippen LogP contribution in [0.5, 0.6) is 0 Å². The fourth-order valence-corrected chi connectivity index (χ4v) is 5.20. The molecule has 0 aliphatic rings. The molecule has 9 heteroatoms. The summed E-state index contributed by atoms with van der Waals surface area (Å²) >= 11 is 0. The number of para-hydroxylation sites is 1. The minimum absolute atomic E-state index is 0. The summed E-state index contributed by atoms with van der Waals surface area (Å²) in [7, 11) is 0. The van der Waals surface area contributed by atoms with E-state index in [9.17, 15) is 24.2 Å². The Morgan fingerprint density at radius 1 is 0.857 bits per heavy atom. The molecule has 0 aliphatic heterocycles. The standard InChI is InChI=1S/C33H35FN2O5.Mg.2H/c1-21(2)31-30(33(41)35-25-11-7-4-8-12-25)29(22-9-5-3-6-10-22)32(23-13-15-24(34)16-14-23)36(31)18-17-26(37)19-27(38)20-28(39)40;;;/h3-16,21,26-27,37-38H,17-20H2,1-2H3,(H,35,41)(H,39,40);;;/t26-,27-;;;/m1.../s1. The number of carboxylic acids is 1. The first-order valence-electron chi connectivity index (χ1n) is 13.7. The average molecular weight is 585 g/mol. The van der Waals surface area contributed by atoms with Gasteiger partial charge in [0.25, 0.3) is 5.91 Å². The Bertz CT molecular complexity index is 1470. The topological polar surface area (TPSA) is 112 Å². The Hall–Kier alpha value is -3.50. The summed E-state index contributed by atoms with van der Waals surface area (Å²) in [5.41, 5.74) is 4.77. The maximum atomic E-state index is 14.0. The number of carboxylic acid groups (broad SMARTS) is 1. The summed E-state index contributed by atoms with van der Waals surface area (Å²) in [6, 6.07) is 24.8. The highest BCUT2D eigenvalue weighted by Gasteiger charge is 2.31. The smallest absolute Gasteiger partial charge is 0.316 e. The van der Waals surface area contributed by atoms with Crippen LogP contribution < -0.4 is 5.32 Å². The number of carbonyl (C=O) groups excluding carboxylic acids is 1. The summed E-state index contributed by atoms with van der Waals surface area (Å²) in [6.07, 6.45) is -2.51. The number of hydrogen-bond acceptors (Lipinski definition) is 4. The lowest BCUT2D eigenvalue weighted by Crippen LogP contribution is -2.22. The van der Waals surface area contributed by atoms with Crippen molar-refractivity contribution in [2.75, 3.05) is 5.32 Å². The van der Waals surface area contributed by atoms with Crippen molar-refractivity contribution < 1.29 is 29.3 Å². The van der Waals surface area contributed by atoms with Gasteiger partial charge in [0, 0.05) is 23.5 Å². The van der Waals surface area contributed by atoms with Crippen molar-refractivity contribution in [2.45, 2.75) is 57.8 Å². The van der Waals surface area contributed by atoms with E-state index in [2.05, 4.69) is 5.32 Å². The van der Waals surface area contributed by atoms with Crippen LogP contribution in [-0.4, -0.2) is 67.0 Å². The van der Waals surface area contributed by atoms with Gasteiger partial charge in [-0.3, -0.25) is 9.59 Å². The van der Waals surface area contributed by atoms with E-state index in [1.807, 2.05) is 79.1 Å². The summed E-state index contributed by atoms with van der Waals surface area (Å²) < 4.78 is 16.0. The number of carbonyl (C=O) groups is 2. The fraction of sp³-hybridized carbons (Fsp3) is 0.273. The van der Waals surface area contributed by atoms with Gasteiger partial charge in [-0.1, -0.05) is 62.4 Å². The monoisotopic (exact) mass is 584 g/mol. The van der Waals surface area contributed by atoms with E-state index < -0.39 is 24.6 Å². The van der Waals surface area contributed by atoms with Crippen LogP contribution in [0.1, 0.15) is 55.1 Å². The second-order valence-electron chi connectivity index (χ2n) is 10.4.